The minimum absolute atomic E-state index is 0.287. The molecule has 0 saturated heterocycles. The number of benzene rings is 2. The molecule has 0 atom stereocenters. The van der Waals surface area contributed by atoms with Gasteiger partial charge in [-0.2, -0.15) is 10.5 Å². The van der Waals surface area contributed by atoms with E-state index >= 15 is 0 Å². The molecular weight excluding hydrogens is 241 g/mol. The monoisotopic (exact) mass is 251 g/mol. The average Bonchev–Trinajstić information content (AvgIpc) is 2.46. The summed E-state index contributed by atoms with van der Waals surface area (Å²) in [7, 11) is 1.73. The Morgan fingerprint density at radius 3 is 2.05 bits per heavy atom. The summed E-state index contributed by atoms with van der Waals surface area (Å²) in [6.45, 7) is 0. The fourth-order valence-electron chi connectivity index (χ4n) is 1.75. The Kier molecular flexibility index (Phi) is 3.45. The summed E-state index contributed by atoms with van der Waals surface area (Å²) in [5.41, 5.74) is 1.98. The van der Waals surface area contributed by atoms with Gasteiger partial charge in [-0.3, -0.25) is 0 Å². The van der Waals surface area contributed by atoms with Crippen molar-refractivity contribution in [3.05, 3.63) is 59.4 Å². The molecule has 0 bridgehead atoms. The Balaban J connectivity index is 2.36. The molecule has 0 spiro atoms. The first-order valence-corrected chi connectivity index (χ1v) is 5.59. The van der Waals surface area contributed by atoms with Crippen molar-refractivity contribution in [3.8, 4) is 12.1 Å². The first-order chi connectivity index (χ1) is 9.15. The van der Waals surface area contributed by atoms with Gasteiger partial charge in [0.05, 0.1) is 29.0 Å². The molecule has 0 amide bonds. The highest BCUT2D eigenvalue weighted by molar-refractivity contribution is 5.64. The summed E-state index contributed by atoms with van der Waals surface area (Å²) in [6, 6.07) is 15.1. The third kappa shape index (κ3) is 2.53. The third-order valence-electron chi connectivity index (χ3n) is 2.82. The second kappa shape index (κ2) is 5.20. The SMILES string of the molecule is CN(c1ccc(C#N)cc1)c1ccc(C#N)cc1F. The van der Waals surface area contributed by atoms with Crippen LogP contribution < -0.4 is 4.90 Å². The predicted octanol–water partition coefficient (Wildman–Crippen LogP) is 3.34. The van der Waals surface area contributed by atoms with Crippen LogP contribution in [0.1, 0.15) is 11.1 Å². The number of hydrogen-bond donors (Lipinski definition) is 0. The van der Waals surface area contributed by atoms with E-state index in [2.05, 4.69) is 0 Å². The highest BCUT2D eigenvalue weighted by Crippen LogP contribution is 2.26. The normalized spacial score (nSPS) is 9.47. The number of nitriles is 2. The van der Waals surface area contributed by atoms with Crippen molar-refractivity contribution >= 4 is 11.4 Å². The summed E-state index contributed by atoms with van der Waals surface area (Å²) in [6.07, 6.45) is 0. The molecule has 2 rings (SSSR count). The topological polar surface area (TPSA) is 50.8 Å². The lowest BCUT2D eigenvalue weighted by molar-refractivity contribution is 0.627. The van der Waals surface area contributed by atoms with Crippen molar-refractivity contribution in [1.29, 1.82) is 10.5 Å². The molecular formula is C15H10FN3. The Hall–Kier alpha value is -2.85. The molecule has 0 heterocycles. The second-order valence-electron chi connectivity index (χ2n) is 4.00. The van der Waals surface area contributed by atoms with E-state index in [1.54, 1.807) is 48.3 Å². The fourth-order valence-corrected chi connectivity index (χ4v) is 1.75. The quantitative estimate of drug-likeness (QED) is 0.822. The molecule has 0 aromatic heterocycles. The first kappa shape index (κ1) is 12.6. The van der Waals surface area contributed by atoms with Gasteiger partial charge in [0, 0.05) is 12.7 Å². The van der Waals surface area contributed by atoms with Crippen LogP contribution in [-0.4, -0.2) is 7.05 Å². The van der Waals surface area contributed by atoms with Crippen LogP contribution >= 0.6 is 0 Å². The van der Waals surface area contributed by atoms with Gasteiger partial charge in [-0.25, -0.2) is 4.39 Å². The van der Waals surface area contributed by atoms with Crippen molar-refractivity contribution in [1.82, 2.24) is 0 Å². The molecule has 0 unspecified atom stereocenters. The van der Waals surface area contributed by atoms with Gasteiger partial charge in [-0.05, 0) is 42.5 Å². The van der Waals surface area contributed by atoms with Gasteiger partial charge in [-0.1, -0.05) is 0 Å². The van der Waals surface area contributed by atoms with Gasteiger partial charge in [0.15, 0.2) is 0 Å². The van der Waals surface area contributed by atoms with Gasteiger partial charge >= 0.3 is 0 Å². The molecule has 19 heavy (non-hydrogen) atoms. The molecule has 0 aliphatic heterocycles. The Bertz CT molecular complexity index is 678. The van der Waals surface area contributed by atoms with Gasteiger partial charge in [-0.15, -0.1) is 0 Å². The van der Waals surface area contributed by atoms with Crippen molar-refractivity contribution in [2.24, 2.45) is 0 Å². The number of nitrogens with zero attached hydrogens (tertiary/aromatic N) is 3. The minimum atomic E-state index is -0.453. The van der Waals surface area contributed by atoms with Crippen LogP contribution in [-0.2, 0) is 0 Å². The molecule has 2 aromatic carbocycles. The van der Waals surface area contributed by atoms with E-state index in [0.717, 1.165) is 5.69 Å². The lowest BCUT2D eigenvalue weighted by Gasteiger charge is -2.20. The van der Waals surface area contributed by atoms with Crippen LogP contribution in [0.4, 0.5) is 15.8 Å². The maximum atomic E-state index is 13.9. The lowest BCUT2D eigenvalue weighted by atomic mass is 10.1. The average molecular weight is 251 g/mol. The minimum Gasteiger partial charge on any atom is -0.342 e. The van der Waals surface area contributed by atoms with Crippen LogP contribution in [0.25, 0.3) is 0 Å². The Labute approximate surface area is 110 Å². The molecule has 2 aromatic rings. The van der Waals surface area contributed by atoms with Gasteiger partial charge < -0.3 is 4.90 Å². The van der Waals surface area contributed by atoms with E-state index in [0.29, 0.717) is 11.3 Å². The second-order valence-corrected chi connectivity index (χ2v) is 4.00. The molecule has 3 nitrogen and oxygen atoms in total. The fraction of sp³-hybridized carbons (Fsp3) is 0.0667. The van der Waals surface area contributed by atoms with E-state index < -0.39 is 5.82 Å². The Morgan fingerprint density at radius 1 is 0.947 bits per heavy atom. The predicted molar refractivity (Wildman–Crippen MR) is 70.3 cm³/mol. The maximum Gasteiger partial charge on any atom is 0.148 e. The lowest BCUT2D eigenvalue weighted by Crippen LogP contribution is -2.11. The molecule has 4 heteroatoms. The van der Waals surface area contributed by atoms with Gasteiger partial charge in [0.25, 0.3) is 0 Å². The van der Waals surface area contributed by atoms with Crippen LogP contribution in [0, 0.1) is 28.5 Å². The van der Waals surface area contributed by atoms with E-state index in [1.807, 2.05) is 12.1 Å². The number of anilines is 2. The summed E-state index contributed by atoms with van der Waals surface area (Å²) in [5.74, 6) is -0.453. The summed E-state index contributed by atoms with van der Waals surface area (Å²) >= 11 is 0. The van der Waals surface area contributed by atoms with E-state index in [1.165, 1.54) is 6.07 Å². The molecule has 0 N–H and O–H groups in total. The molecule has 0 radical (unpaired) electrons. The zero-order valence-corrected chi connectivity index (χ0v) is 10.3. The summed E-state index contributed by atoms with van der Waals surface area (Å²) < 4.78 is 13.9. The van der Waals surface area contributed by atoms with E-state index in [9.17, 15) is 4.39 Å². The zero-order chi connectivity index (χ0) is 13.8. The van der Waals surface area contributed by atoms with Crippen LogP contribution in [0.3, 0.4) is 0 Å². The standard InChI is InChI=1S/C15H10FN3/c1-19(13-5-2-11(9-17)3-6-13)15-7-4-12(10-18)8-14(15)16/h2-8H,1H3. The van der Waals surface area contributed by atoms with Crippen molar-refractivity contribution in [3.63, 3.8) is 0 Å². The van der Waals surface area contributed by atoms with Crippen LogP contribution in [0.15, 0.2) is 42.5 Å². The number of rotatable bonds is 2. The van der Waals surface area contributed by atoms with Gasteiger partial charge in [0.2, 0.25) is 0 Å². The number of hydrogen-bond acceptors (Lipinski definition) is 3. The van der Waals surface area contributed by atoms with E-state index in [-0.39, 0.29) is 5.56 Å². The first-order valence-electron chi connectivity index (χ1n) is 5.59. The van der Waals surface area contributed by atoms with Crippen LogP contribution in [0.2, 0.25) is 0 Å². The highest BCUT2D eigenvalue weighted by atomic mass is 19.1. The largest absolute Gasteiger partial charge is 0.342 e. The highest BCUT2D eigenvalue weighted by Gasteiger charge is 2.10. The number of halogens is 1. The smallest absolute Gasteiger partial charge is 0.148 e. The van der Waals surface area contributed by atoms with Crippen molar-refractivity contribution < 1.29 is 4.39 Å². The van der Waals surface area contributed by atoms with Crippen molar-refractivity contribution in [2.45, 2.75) is 0 Å². The third-order valence-corrected chi connectivity index (χ3v) is 2.82. The summed E-state index contributed by atoms with van der Waals surface area (Å²) in [4.78, 5) is 1.66. The zero-order valence-electron chi connectivity index (χ0n) is 10.3. The molecule has 92 valence electrons. The van der Waals surface area contributed by atoms with Crippen LogP contribution in [0.5, 0.6) is 0 Å². The van der Waals surface area contributed by atoms with E-state index in [4.69, 9.17) is 10.5 Å². The van der Waals surface area contributed by atoms with Gasteiger partial charge in [0.1, 0.15) is 5.82 Å². The molecule has 0 saturated carbocycles. The molecule has 0 aliphatic carbocycles. The van der Waals surface area contributed by atoms with Crippen molar-refractivity contribution in [2.75, 3.05) is 11.9 Å². The Morgan fingerprint density at radius 2 is 1.53 bits per heavy atom. The molecule has 0 fully saturated rings. The molecule has 0 aliphatic rings. The summed E-state index contributed by atoms with van der Waals surface area (Å²) in [5, 5.41) is 17.4. The maximum absolute atomic E-state index is 13.9.